The number of carbonyl (C=O) groups is 2. The number of carbonyl (C=O) groups excluding carboxylic acids is 2. The van der Waals surface area contributed by atoms with Crippen LogP contribution in [0.2, 0.25) is 5.02 Å². The standard InChI is InChI=1S/C22H26ClN3O4S/c1-14-10-15(2)20(16(3)11-14)31(29,30)26-9-5-8-19(26)13-24-21(27)22(28)25-18-7-4-6-17(23)12-18/h4,6-7,10-12,19H,5,8-9,13H2,1-3H3,(H,24,27)(H,25,28). The summed E-state index contributed by atoms with van der Waals surface area (Å²) >= 11 is 5.88. The number of hydrogen-bond donors (Lipinski definition) is 2. The van der Waals surface area contributed by atoms with Gasteiger partial charge in [0.25, 0.3) is 0 Å². The van der Waals surface area contributed by atoms with E-state index in [-0.39, 0.29) is 6.54 Å². The summed E-state index contributed by atoms with van der Waals surface area (Å²) in [5, 5.41) is 5.48. The Bertz CT molecular complexity index is 1090. The second kappa shape index (κ2) is 9.38. The molecule has 2 aromatic rings. The Kier molecular flexibility index (Phi) is 7.03. The van der Waals surface area contributed by atoms with Gasteiger partial charge in [-0.1, -0.05) is 35.4 Å². The Morgan fingerprint density at radius 2 is 1.77 bits per heavy atom. The van der Waals surface area contributed by atoms with E-state index in [0.717, 1.165) is 5.56 Å². The van der Waals surface area contributed by atoms with E-state index in [2.05, 4.69) is 10.6 Å². The van der Waals surface area contributed by atoms with Gasteiger partial charge in [0.15, 0.2) is 0 Å². The minimum Gasteiger partial charge on any atom is -0.346 e. The van der Waals surface area contributed by atoms with Gasteiger partial charge in [0.1, 0.15) is 0 Å². The first kappa shape index (κ1) is 23.2. The molecule has 9 heteroatoms. The van der Waals surface area contributed by atoms with Crippen molar-refractivity contribution in [3.05, 3.63) is 58.1 Å². The lowest BCUT2D eigenvalue weighted by atomic mass is 10.1. The van der Waals surface area contributed by atoms with Crippen LogP contribution in [0.1, 0.15) is 29.5 Å². The average molecular weight is 464 g/mol. The predicted molar refractivity (Wildman–Crippen MR) is 121 cm³/mol. The zero-order valence-electron chi connectivity index (χ0n) is 17.7. The topological polar surface area (TPSA) is 95.6 Å². The molecule has 166 valence electrons. The first-order chi connectivity index (χ1) is 14.6. The fourth-order valence-corrected chi connectivity index (χ4v) is 6.36. The third kappa shape index (κ3) is 5.26. The quantitative estimate of drug-likeness (QED) is 0.666. The van der Waals surface area contributed by atoms with Crippen LogP contribution >= 0.6 is 11.6 Å². The Morgan fingerprint density at radius 3 is 2.42 bits per heavy atom. The number of rotatable bonds is 5. The van der Waals surface area contributed by atoms with Crippen LogP contribution in [0.25, 0.3) is 0 Å². The molecular formula is C22H26ClN3O4S. The van der Waals surface area contributed by atoms with Crippen LogP contribution in [-0.4, -0.2) is 43.7 Å². The van der Waals surface area contributed by atoms with E-state index >= 15 is 0 Å². The normalized spacial score (nSPS) is 16.8. The molecule has 2 amide bonds. The van der Waals surface area contributed by atoms with Crippen LogP contribution in [-0.2, 0) is 19.6 Å². The van der Waals surface area contributed by atoms with E-state index in [4.69, 9.17) is 11.6 Å². The van der Waals surface area contributed by atoms with Crippen molar-refractivity contribution in [1.82, 2.24) is 9.62 Å². The zero-order chi connectivity index (χ0) is 22.8. The van der Waals surface area contributed by atoms with Gasteiger partial charge < -0.3 is 10.6 Å². The Balaban J connectivity index is 1.68. The second-order valence-electron chi connectivity index (χ2n) is 7.81. The highest BCUT2D eigenvalue weighted by molar-refractivity contribution is 7.89. The van der Waals surface area contributed by atoms with Gasteiger partial charge in [-0.25, -0.2) is 8.42 Å². The van der Waals surface area contributed by atoms with E-state index in [1.807, 2.05) is 19.1 Å². The number of aryl methyl sites for hydroxylation is 3. The van der Waals surface area contributed by atoms with E-state index in [1.165, 1.54) is 10.4 Å². The van der Waals surface area contributed by atoms with Crippen LogP contribution in [0.3, 0.4) is 0 Å². The number of sulfonamides is 1. The lowest BCUT2D eigenvalue weighted by molar-refractivity contribution is -0.136. The third-order valence-corrected chi connectivity index (χ3v) is 7.77. The van der Waals surface area contributed by atoms with Crippen LogP contribution in [0, 0.1) is 20.8 Å². The maximum atomic E-state index is 13.4. The molecule has 1 aliphatic rings. The van der Waals surface area contributed by atoms with Crippen LogP contribution in [0.15, 0.2) is 41.3 Å². The van der Waals surface area contributed by atoms with Gasteiger partial charge in [-0.15, -0.1) is 0 Å². The van der Waals surface area contributed by atoms with Crippen molar-refractivity contribution in [2.75, 3.05) is 18.4 Å². The monoisotopic (exact) mass is 463 g/mol. The molecular weight excluding hydrogens is 438 g/mol. The molecule has 1 aliphatic heterocycles. The molecule has 0 saturated carbocycles. The van der Waals surface area contributed by atoms with Gasteiger partial charge in [-0.2, -0.15) is 4.31 Å². The van der Waals surface area contributed by atoms with Crippen molar-refractivity contribution >= 4 is 39.1 Å². The molecule has 1 saturated heterocycles. The van der Waals surface area contributed by atoms with Gasteiger partial charge in [0.05, 0.1) is 4.90 Å². The van der Waals surface area contributed by atoms with E-state index in [0.29, 0.717) is 46.1 Å². The number of anilines is 1. The molecule has 3 rings (SSSR count). The van der Waals surface area contributed by atoms with Crippen molar-refractivity contribution in [1.29, 1.82) is 0 Å². The molecule has 0 spiro atoms. The predicted octanol–water partition coefficient (Wildman–Crippen LogP) is 3.17. The van der Waals surface area contributed by atoms with Crippen molar-refractivity contribution < 1.29 is 18.0 Å². The Labute approximate surface area is 187 Å². The van der Waals surface area contributed by atoms with Gasteiger partial charge in [-0.3, -0.25) is 9.59 Å². The summed E-state index contributed by atoms with van der Waals surface area (Å²) in [7, 11) is -3.72. The first-order valence-electron chi connectivity index (χ1n) is 10.0. The van der Waals surface area contributed by atoms with Crippen LogP contribution < -0.4 is 10.6 Å². The maximum Gasteiger partial charge on any atom is 0.313 e. The Hall–Kier alpha value is -2.42. The minimum absolute atomic E-state index is 0.0605. The molecule has 2 aromatic carbocycles. The number of hydrogen-bond acceptors (Lipinski definition) is 4. The number of amides is 2. The number of nitrogens with one attached hydrogen (secondary N) is 2. The molecule has 31 heavy (non-hydrogen) atoms. The molecule has 1 fully saturated rings. The van der Waals surface area contributed by atoms with Gasteiger partial charge in [0, 0.05) is 29.8 Å². The largest absolute Gasteiger partial charge is 0.346 e. The second-order valence-corrected chi connectivity index (χ2v) is 10.1. The van der Waals surface area contributed by atoms with Crippen molar-refractivity contribution in [2.45, 2.75) is 44.6 Å². The smallest absolute Gasteiger partial charge is 0.313 e. The van der Waals surface area contributed by atoms with Gasteiger partial charge in [-0.05, 0) is 62.9 Å². The van der Waals surface area contributed by atoms with Crippen molar-refractivity contribution in [3.8, 4) is 0 Å². The molecule has 1 unspecified atom stereocenters. The summed E-state index contributed by atoms with van der Waals surface area (Å²) in [6.07, 6.45) is 1.30. The highest BCUT2D eigenvalue weighted by Crippen LogP contribution is 2.30. The highest BCUT2D eigenvalue weighted by atomic mass is 35.5. The van der Waals surface area contributed by atoms with E-state index in [9.17, 15) is 18.0 Å². The molecule has 7 nitrogen and oxygen atoms in total. The minimum atomic E-state index is -3.72. The molecule has 2 N–H and O–H groups in total. The number of benzene rings is 2. The number of nitrogens with zero attached hydrogens (tertiary/aromatic N) is 1. The molecule has 0 radical (unpaired) electrons. The van der Waals surface area contributed by atoms with Gasteiger partial charge >= 0.3 is 11.8 Å². The summed E-state index contributed by atoms with van der Waals surface area (Å²) in [6, 6.07) is 9.77. The molecule has 0 aromatic heterocycles. The van der Waals surface area contributed by atoms with E-state index in [1.54, 1.807) is 32.0 Å². The van der Waals surface area contributed by atoms with Crippen LogP contribution in [0.5, 0.6) is 0 Å². The maximum absolute atomic E-state index is 13.4. The fourth-order valence-electron chi connectivity index (χ4n) is 4.07. The lowest BCUT2D eigenvalue weighted by Crippen LogP contribution is -2.45. The van der Waals surface area contributed by atoms with Gasteiger partial charge in [0.2, 0.25) is 10.0 Å². The first-order valence-corrected chi connectivity index (χ1v) is 11.9. The zero-order valence-corrected chi connectivity index (χ0v) is 19.3. The van der Waals surface area contributed by atoms with Crippen molar-refractivity contribution in [3.63, 3.8) is 0 Å². The molecule has 0 aliphatic carbocycles. The average Bonchev–Trinajstić information content (AvgIpc) is 3.14. The van der Waals surface area contributed by atoms with Crippen LogP contribution in [0.4, 0.5) is 5.69 Å². The van der Waals surface area contributed by atoms with Crippen molar-refractivity contribution in [2.24, 2.45) is 0 Å². The molecule has 1 atom stereocenters. The summed E-state index contributed by atoms with van der Waals surface area (Å²) < 4.78 is 28.2. The highest BCUT2D eigenvalue weighted by Gasteiger charge is 2.37. The fraction of sp³-hybridized carbons (Fsp3) is 0.364. The summed E-state index contributed by atoms with van der Waals surface area (Å²) in [5.41, 5.74) is 2.81. The summed E-state index contributed by atoms with van der Waals surface area (Å²) in [5.74, 6) is -1.66. The molecule has 1 heterocycles. The van der Waals surface area contributed by atoms with E-state index < -0.39 is 27.9 Å². The lowest BCUT2D eigenvalue weighted by Gasteiger charge is -2.26. The number of halogens is 1. The Morgan fingerprint density at radius 1 is 1.10 bits per heavy atom. The summed E-state index contributed by atoms with van der Waals surface area (Å²) in [4.78, 5) is 24.7. The SMILES string of the molecule is Cc1cc(C)c(S(=O)(=O)N2CCCC2CNC(=O)C(=O)Nc2cccc(Cl)c2)c(C)c1. The molecule has 0 bridgehead atoms. The third-order valence-electron chi connectivity index (χ3n) is 5.28. The summed E-state index contributed by atoms with van der Waals surface area (Å²) in [6.45, 7) is 5.95.